The summed E-state index contributed by atoms with van der Waals surface area (Å²) in [6.45, 7) is 12.3. The summed E-state index contributed by atoms with van der Waals surface area (Å²) in [6.07, 6.45) is 3.14. The number of aryl methyl sites for hydroxylation is 1. The molecule has 1 aromatic rings. The van der Waals surface area contributed by atoms with Gasteiger partial charge in [0, 0.05) is 44.1 Å². The van der Waals surface area contributed by atoms with Crippen LogP contribution in [-0.2, 0) is 11.3 Å². The van der Waals surface area contributed by atoms with Crippen molar-refractivity contribution >= 4 is 0 Å². The second kappa shape index (κ2) is 7.76. The lowest BCUT2D eigenvalue weighted by molar-refractivity contribution is 0.0123. The van der Waals surface area contributed by atoms with Gasteiger partial charge in [-0.15, -0.1) is 0 Å². The third kappa shape index (κ3) is 4.89. The zero-order valence-electron chi connectivity index (χ0n) is 13.0. The summed E-state index contributed by atoms with van der Waals surface area (Å²) in [4.78, 5) is 10.1. The average molecular weight is 280 g/mol. The summed E-state index contributed by atoms with van der Waals surface area (Å²) in [7, 11) is 0. The topological polar surface area (TPSA) is 53.2 Å². The number of morpholine rings is 1. The molecule has 1 aliphatic heterocycles. The molecule has 0 saturated carbocycles. The first-order valence-electron chi connectivity index (χ1n) is 7.68. The van der Waals surface area contributed by atoms with Gasteiger partial charge in [0.2, 0.25) is 0 Å². The first-order chi connectivity index (χ1) is 9.65. The van der Waals surface area contributed by atoms with Crippen LogP contribution in [0.5, 0.6) is 0 Å². The number of imidazole rings is 1. The van der Waals surface area contributed by atoms with Gasteiger partial charge in [-0.3, -0.25) is 4.90 Å². The van der Waals surface area contributed by atoms with E-state index in [1.807, 2.05) is 13.1 Å². The summed E-state index contributed by atoms with van der Waals surface area (Å²) >= 11 is 0. The highest BCUT2D eigenvalue weighted by Gasteiger charge is 2.21. The van der Waals surface area contributed by atoms with Crippen LogP contribution in [0.4, 0.5) is 0 Å². The molecule has 20 heavy (non-hydrogen) atoms. The van der Waals surface area contributed by atoms with Crippen molar-refractivity contribution in [1.82, 2.24) is 20.2 Å². The molecule has 0 aromatic carbocycles. The molecule has 0 spiro atoms. The van der Waals surface area contributed by atoms with Gasteiger partial charge in [-0.05, 0) is 19.3 Å². The van der Waals surface area contributed by atoms with Gasteiger partial charge in [-0.2, -0.15) is 0 Å². The van der Waals surface area contributed by atoms with Crippen molar-refractivity contribution in [2.75, 3.05) is 32.8 Å². The predicted molar refractivity (Wildman–Crippen MR) is 80.7 cm³/mol. The maximum atomic E-state index is 5.46. The van der Waals surface area contributed by atoms with Gasteiger partial charge in [0.25, 0.3) is 0 Å². The van der Waals surface area contributed by atoms with Crippen LogP contribution < -0.4 is 5.32 Å². The quantitative estimate of drug-likeness (QED) is 0.796. The van der Waals surface area contributed by atoms with Crippen LogP contribution >= 0.6 is 0 Å². The van der Waals surface area contributed by atoms with E-state index in [9.17, 15) is 0 Å². The molecule has 0 amide bonds. The maximum Gasteiger partial charge on any atom is 0.103 e. The molecule has 0 aliphatic carbocycles. The van der Waals surface area contributed by atoms with Crippen LogP contribution in [-0.4, -0.2) is 53.8 Å². The monoisotopic (exact) mass is 280 g/mol. The Morgan fingerprint density at radius 1 is 1.40 bits per heavy atom. The lowest BCUT2D eigenvalue weighted by Crippen LogP contribution is -2.48. The Morgan fingerprint density at radius 3 is 2.75 bits per heavy atom. The highest BCUT2D eigenvalue weighted by molar-refractivity contribution is 4.99. The standard InChI is InChI=1S/C15H28N4O/c1-12(2)8-15(19-4-6-20-7-5-19)11-16-9-14-10-17-13(3)18-14/h10,12,15-16H,4-9,11H2,1-3H3,(H,17,18). The van der Waals surface area contributed by atoms with E-state index in [2.05, 4.69) is 34.0 Å². The first kappa shape index (κ1) is 15.5. The summed E-state index contributed by atoms with van der Waals surface area (Å²) < 4.78 is 5.46. The molecule has 1 atom stereocenters. The molecule has 2 rings (SSSR count). The van der Waals surface area contributed by atoms with Crippen LogP contribution in [0.15, 0.2) is 6.20 Å². The lowest BCUT2D eigenvalue weighted by atomic mass is 10.0. The van der Waals surface area contributed by atoms with Crippen molar-refractivity contribution in [2.45, 2.75) is 39.8 Å². The molecule has 1 aliphatic rings. The van der Waals surface area contributed by atoms with Gasteiger partial charge in [0.05, 0.1) is 13.2 Å². The minimum absolute atomic E-state index is 0.600. The maximum absolute atomic E-state index is 5.46. The first-order valence-corrected chi connectivity index (χ1v) is 7.68. The van der Waals surface area contributed by atoms with Crippen LogP contribution in [0.1, 0.15) is 31.8 Å². The number of hydrogen-bond donors (Lipinski definition) is 2. The average Bonchev–Trinajstić information content (AvgIpc) is 2.84. The fourth-order valence-corrected chi connectivity index (χ4v) is 2.78. The fourth-order valence-electron chi connectivity index (χ4n) is 2.78. The number of ether oxygens (including phenoxy) is 1. The number of nitrogens with one attached hydrogen (secondary N) is 2. The van der Waals surface area contributed by atoms with Gasteiger partial charge in [0.15, 0.2) is 0 Å². The number of rotatable bonds is 7. The molecule has 1 fully saturated rings. The molecule has 114 valence electrons. The van der Waals surface area contributed by atoms with Crippen LogP contribution in [0.3, 0.4) is 0 Å². The van der Waals surface area contributed by atoms with Crippen molar-refractivity contribution in [3.05, 3.63) is 17.7 Å². The molecule has 2 N–H and O–H groups in total. The van der Waals surface area contributed by atoms with Gasteiger partial charge < -0.3 is 15.0 Å². The Kier molecular flexibility index (Phi) is 6.01. The smallest absolute Gasteiger partial charge is 0.103 e. The number of aromatic nitrogens is 2. The number of H-pyrrole nitrogens is 1. The zero-order chi connectivity index (χ0) is 14.4. The van der Waals surface area contributed by atoms with Crippen LogP contribution in [0.25, 0.3) is 0 Å². The van der Waals surface area contributed by atoms with Gasteiger partial charge in [0.1, 0.15) is 5.82 Å². The van der Waals surface area contributed by atoms with E-state index >= 15 is 0 Å². The molecular formula is C15H28N4O. The van der Waals surface area contributed by atoms with Crippen molar-refractivity contribution in [1.29, 1.82) is 0 Å². The van der Waals surface area contributed by atoms with Crippen molar-refractivity contribution in [3.8, 4) is 0 Å². The lowest BCUT2D eigenvalue weighted by Gasteiger charge is -2.35. The molecule has 0 radical (unpaired) electrons. The molecule has 5 heteroatoms. The minimum Gasteiger partial charge on any atom is -0.379 e. The number of aromatic amines is 1. The van der Waals surface area contributed by atoms with Crippen LogP contribution in [0.2, 0.25) is 0 Å². The third-order valence-electron chi connectivity index (χ3n) is 3.76. The van der Waals surface area contributed by atoms with Gasteiger partial charge >= 0.3 is 0 Å². The molecule has 1 aromatic heterocycles. The summed E-state index contributed by atoms with van der Waals surface area (Å²) in [6, 6.07) is 0.600. The van der Waals surface area contributed by atoms with E-state index in [-0.39, 0.29) is 0 Å². The molecule has 5 nitrogen and oxygen atoms in total. The van der Waals surface area contributed by atoms with E-state index in [1.54, 1.807) is 0 Å². The molecule has 0 bridgehead atoms. The Balaban J connectivity index is 1.80. The fraction of sp³-hybridized carbons (Fsp3) is 0.800. The largest absolute Gasteiger partial charge is 0.379 e. The van der Waals surface area contributed by atoms with E-state index in [0.717, 1.165) is 56.8 Å². The summed E-state index contributed by atoms with van der Waals surface area (Å²) in [5, 5.41) is 3.56. The molecule has 2 heterocycles. The Hall–Kier alpha value is -0.910. The zero-order valence-corrected chi connectivity index (χ0v) is 13.0. The number of nitrogens with zero attached hydrogens (tertiary/aromatic N) is 2. The predicted octanol–water partition coefficient (Wildman–Crippen LogP) is 1.55. The third-order valence-corrected chi connectivity index (χ3v) is 3.76. The Labute approximate surface area is 122 Å². The Morgan fingerprint density at radius 2 is 2.15 bits per heavy atom. The van der Waals surface area contributed by atoms with E-state index < -0.39 is 0 Å². The normalized spacial score (nSPS) is 18.6. The number of hydrogen-bond acceptors (Lipinski definition) is 4. The highest BCUT2D eigenvalue weighted by Crippen LogP contribution is 2.13. The summed E-state index contributed by atoms with van der Waals surface area (Å²) in [5.74, 6) is 1.70. The van der Waals surface area contributed by atoms with Crippen molar-refractivity contribution in [2.24, 2.45) is 5.92 Å². The van der Waals surface area contributed by atoms with Crippen molar-refractivity contribution < 1.29 is 4.74 Å². The second-order valence-electron chi connectivity index (χ2n) is 6.06. The highest BCUT2D eigenvalue weighted by atomic mass is 16.5. The van der Waals surface area contributed by atoms with E-state index in [4.69, 9.17) is 4.74 Å². The SMILES string of the molecule is Cc1ncc(CNCC(CC(C)C)N2CCOCC2)[nH]1. The van der Waals surface area contributed by atoms with Gasteiger partial charge in [-0.1, -0.05) is 13.8 Å². The minimum atomic E-state index is 0.600. The summed E-state index contributed by atoms with van der Waals surface area (Å²) in [5.41, 5.74) is 1.16. The molecule has 1 saturated heterocycles. The van der Waals surface area contributed by atoms with E-state index in [1.165, 1.54) is 6.42 Å². The molecule has 1 unspecified atom stereocenters. The van der Waals surface area contributed by atoms with Crippen molar-refractivity contribution in [3.63, 3.8) is 0 Å². The Bertz CT molecular complexity index is 385. The van der Waals surface area contributed by atoms with Gasteiger partial charge in [-0.25, -0.2) is 4.98 Å². The molecular weight excluding hydrogens is 252 g/mol. The van der Waals surface area contributed by atoms with Crippen LogP contribution in [0, 0.1) is 12.8 Å². The van der Waals surface area contributed by atoms with E-state index in [0.29, 0.717) is 6.04 Å². The second-order valence-corrected chi connectivity index (χ2v) is 6.06.